The zero-order valence-corrected chi connectivity index (χ0v) is 7.95. The Labute approximate surface area is 82.0 Å². The Bertz CT molecular complexity index is 371. The zero-order valence-electron chi connectivity index (χ0n) is 7.95. The average molecular weight is 192 g/mol. The van der Waals surface area contributed by atoms with Crippen molar-refractivity contribution in [3.63, 3.8) is 0 Å². The molecule has 2 N–H and O–H groups in total. The minimum Gasteiger partial charge on any atom is -0.508 e. The van der Waals surface area contributed by atoms with Crippen molar-refractivity contribution in [2.45, 2.75) is 25.2 Å². The molecule has 0 amide bonds. The molecule has 0 unspecified atom stereocenters. The largest absolute Gasteiger partial charge is 0.508 e. The lowest BCUT2D eigenvalue weighted by molar-refractivity contribution is -0.140. The number of benzene rings is 1. The second kappa shape index (κ2) is 2.74. The van der Waals surface area contributed by atoms with Crippen LogP contribution in [0.3, 0.4) is 0 Å². The Balaban J connectivity index is 2.47. The van der Waals surface area contributed by atoms with Crippen LogP contribution >= 0.6 is 0 Å². The van der Waals surface area contributed by atoms with Crippen LogP contribution in [0.1, 0.15) is 24.0 Å². The van der Waals surface area contributed by atoms with Crippen molar-refractivity contribution in [1.29, 1.82) is 0 Å². The van der Waals surface area contributed by atoms with Gasteiger partial charge in [0.2, 0.25) is 0 Å². The highest BCUT2D eigenvalue weighted by Crippen LogP contribution is 2.49. The number of rotatable bonds is 2. The summed E-state index contributed by atoms with van der Waals surface area (Å²) in [6.07, 6.45) is 1.34. The molecule has 0 heterocycles. The third kappa shape index (κ3) is 1.25. The summed E-state index contributed by atoms with van der Waals surface area (Å²) in [7, 11) is 0. The average Bonchev–Trinajstić information content (AvgIpc) is 2.81. The van der Waals surface area contributed by atoms with E-state index in [9.17, 15) is 9.90 Å². The van der Waals surface area contributed by atoms with Crippen LogP contribution in [-0.4, -0.2) is 16.2 Å². The van der Waals surface area contributed by atoms with Crippen LogP contribution in [0.2, 0.25) is 0 Å². The van der Waals surface area contributed by atoms with E-state index in [-0.39, 0.29) is 5.75 Å². The minimum absolute atomic E-state index is 0.146. The van der Waals surface area contributed by atoms with Gasteiger partial charge in [-0.3, -0.25) is 4.79 Å². The first kappa shape index (κ1) is 9.06. The van der Waals surface area contributed by atoms with Crippen molar-refractivity contribution in [3.8, 4) is 5.75 Å². The quantitative estimate of drug-likeness (QED) is 0.751. The molecule has 0 radical (unpaired) electrons. The van der Waals surface area contributed by atoms with Gasteiger partial charge in [0, 0.05) is 0 Å². The fourth-order valence-electron chi connectivity index (χ4n) is 1.79. The molecule has 3 nitrogen and oxygen atoms in total. The molecule has 1 aromatic rings. The van der Waals surface area contributed by atoms with E-state index >= 15 is 0 Å². The Morgan fingerprint density at radius 2 is 2.00 bits per heavy atom. The van der Waals surface area contributed by atoms with Crippen LogP contribution in [0, 0.1) is 6.92 Å². The van der Waals surface area contributed by atoms with Crippen LogP contribution in [0.25, 0.3) is 0 Å². The van der Waals surface area contributed by atoms with E-state index in [4.69, 9.17) is 5.11 Å². The molecule has 0 bridgehead atoms. The highest BCUT2D eigenvalue weighted by molar-refractivity contribution is 5.85. The number of carbonyl (C=O) groups is 1. The fraction of sp³-hybridized carbons (Fsp3) is 0.364. The van der Waals surface area contributed by atoms with Gasteiger partial charge in [0.15, 0.2) is 0 Å². The third-order valence-electron chi connectivity index (χ3n) is 2.77. The van der Waals surface area contributed by atoms with Crippen molar-refractivity contribution in [2.75, 3.05) is 0 Å². The molecule has 1 fully saturated rings. The van der Waals surface area contributed by atoms with Crippen LogP contribution in [-0.2, 0) is 10.2 Å². The van der Waals surface area contributed by atoms with Crippen LogP contribution in [0.15, 0.2) is 18.2 Å². The molecule has 74 valence electrons. The van der Waals surface area contributed by atoms with E-state index < -0.39 is 11.4 Å². The Hall–Kier alpha value is -1.51. The number of aliphatic carboxylic acids is 1. The number of aromatic hydroxyl groups is 1. The van der Waals surface area contributed by atoms with Gasteiger partial charge in [-0.2, -0.15) is 0 Å². The van der Waals surface area contributed by atoms with Gasteiger partial charge in [0.25, 0.3) is 0 Å². The number of carboxylic acid groups (broad SMARTS) is 1. The SMILES string of the molecule is Cc1cc(O)cc(C2(C(=O)O)CC2)c1. The number of phenols is 1. The van der Waals surface area contributed by atoms with Gasteiger partial charge >= 0.3 is 5.97 Å². The smallest absolute Gasteiger partial charge is 0.314 e. The molecule has 3 heteroatoms. The maximum absolute atomic E-state index is 11.0. The van der Waals surface area contributed by atoms with Gasteiger partial charge in [-0.05, 0) is 43.0 Å². The van der Waals surface area contributed by atoms with E-state index in [1.165, 1.54) is 0 Å². The van der Waals surface area contributed by atoms with Gasteiger partial charge < -0.3 is 10.2 Å². The van der Waals surface area contributed by atoms with Gasteiger partial charge in [0.1, 0.15) is 5.75 Å². The number of carboxylic acids is 1. The third-order valence-corrected chi connectivity index (χ3v) is 2.77. The lowest BCUT2D eigenvalue weighted by atomic mass is 9.94. The highest BCUT2D eigenvalue weighted by Gasteiger charge is 2.51. The molecule has 1 saturated carbocycles. The molecular formula is C11H12O3. The highest BCUT2D eigenvalue weighted by atomic mass is 16.4. The Kier molecular flexibility index (Phi) is 1.77. The summed E-state index contributed by atoms with van der Waals surface area (Å²) in [5.41, 5.74) is 0.902. The first-order valence-electron chi connectivity index (χ1n) is 4.59. The molecule has 0 aliphatic heterocycles. The minimum atomic E-state index is -0.789. The zero-order chi connectivity index (χ0) is 10.3. The summed E-state index contributed by atoms with van der Waals surface area (Å²) in [5.74, 6) is -0.643. The second-order valence-electron chi connectivity index (χ2n) is 3.94. The standard InChI is InChI=1S/C11H12O3/c1-7-4-8(6-9(12)5-7)11(2-3-11)10(13)14/h4-6,12H,2-3H2,1H3,(H,13,14). The topological polar surface area (TPSA) is 57.5 Å². The molecule has 1 aliphatic rings. The van der Waals surface area contributed by atoms with Gasteiger partial charge in [-0.1, -0.05) is 6.07 Å². The van der Waals surface area contributed by atoms with Crippen molar-refractivity contribution in [1.82, 2.24) is 0 Å². The molecule has 0 saturated heterocycles. The van der Waals surface area contributed by atoms with Crippen LogP contribution in [0.5, 0.6) is 5.75 Å². The lowest BCUT2D eigenvalue weighted by Crippen LogP contribution is -2.19. The molecule has 0 aromatic heterocycles. The van der Waals surface area contributed by atoms with Crippen molar-refractivity contribution >= 4 is 5.97 Å². The van der Waals surface area contributed by atoms with Crippen LogP contribution < -0.4 is 0 Å². The fourth-order valence-corrected chi connectivity index (χ4v) is 1.79. The number of hydrogen-bond donors (Lipinski definition) is 2. The Morgan fingerprint density at radius 1 is 1.36 bits per heavy atom. The normalized spacial score (nSPS) is 17.8. The summed E-state index contributed by atoms with van der Waals surface area (Å²) < 4.78 is 0. The maximum atomic E-state index is 11.0. The summed E-state index contributed by atoms with van der Waals surface area (Å²) in [6, 6.07) is 5.01. The monoisotopic (exact) mass is 192 g/mol. The van der Waals surface area contributed by atoms with Crippen molar-refractivity contribution in [2.24, 2.45) is 0 Å². The predicted molar refractivity (Wildman–Crippen MR) is 51.4 cm³/mol. The molecular weight excluding hydrogens is 180 g/mol. The molecule has 1 aromatic carbocycles. The van der Waals surface area contributed by atoms with E-state index in [1.54, 1.807) is 12.1 Å². The first-order chi connectivity index (χ1) is 6.54. The van der Waals surface area contributed by atoms with Gasteiger partial charge in [-0.15, -0.1) is 0 Å². The number of hydrogen-bond acceptors (Lipinski definition) is 2. The van der Waals surface area contributed by atoms with Crippen molar-refractivity contribution in [3.05, 3.63) is 29.3 Å². The number of phenolic OH excluding ortho intramolecular Hbond substituents is 1. The summed E-state index contributed by atoms with van der Waals surface area (Å²) >= 11 is 0. The lowest BCUT2D eigenvalue weighted by Gasteiger charge is -2.11. The molecule has 2 rings (SSSR count). The number of aryl methyl sites for hydroxylation is 1. The van der Waals surface area contributed by atoms with Gasteiger partial charge in [0.05, 0.1) is 5.41 Å². The molecule has 1 aliphatic carbocycles. The second-order valence-corrected chi connectivity index (χ2v) is 3.94. The predicted octanol–water partition coefficient (Wildman–Crippen LogP) is 1.82. The molecule has 0 spiro atoms. The first-order valence-corrected chi connectivity index (χ1v) is 4.59. The van der Waals surface area contributed by atoms with E-state index in [2.05, 4.69) is 0 Å². The summed E-state index contributed by atoms with van der Waals surface area (Å²) in [5, 5.41) is 18.4. The van der Waals surface area contributed by atoms with Gasteiger partial charge in [-0.25, -0.2) is 0 Å². The maximum Gasteiger partial charge on any atom is 0.314 e. The molecule has 0 atom stereocenters. The molecule has 14 heavy (non-hydrogen) atoms. The van der Waals surface area contributed by atoms with Crippen LogP contribution in [0.4, 0.5) is 0 Å². The summed E-state index contributed by atoms with van der Waals surface area (Å²) in [4.78, 5) is 11.0. The van der Waals surface area contributed by atoms with E-state index in [0.29, 0.717) is 12.8 Å². The summed E-state index contributed by atoms with van der Waals surface area (Å²) in [6.45, 7) is 1.85. The Morgan fingerprint density at radius 3 is 2.43 bits per heavy atom. The van der Waals surface area contributed by atoms with E-state index in [1.807, 2.05) is 13.0 Å². The van der Waals surface area contributed by atoms with Crippen molar-refractivity contribution < 1.29 is 15.0 Å². The van der Waals surface area contributed by atoms with E-state index in [0.717, 1.165) is 11.1 Å².